The number of hydrogen-bond donors (Lipinski definition) is 0. The number of rotatable bonds is 3. The second kappa shape index (κ2) is 4.40. The molecule has 0 N–H and O–H groups in total. The molecule has 0 aliphatic carbocycles. The van der Waals surface area contributed by atoms with Crippen LogP contribution in [0.5, 0.6) is 0 Å². The molecule has 0 amide bonds. The summed E-state index contributed by atoms with van der Waals surface area (Å²) in [5.41, 5.74) is 0. The van der Waals surface area contributed by atoms with E-state index in [1.54, 1.807) is 12.1 Å². The number of halogens is 2. The van der Waals surface area contributed by atoms with Crippen LogP contribution in [0.25, 0.3) is 0 Å². The van der Waals surface area contributed by atoms with E-state index in [-0.39, 0.29) is 4.90 Å². The SMILES string of the molecule is CC(F)CS(=O)(=O)c1cccc(Br)c1. The van der Waals surface area contributed by atoms with E-state index in [9.17, 15) is 12.8 Å². The zero-order chi connectivity index (χ0) is 10.8. The fourth-order valence-electron chi connectivity index (χ4n) is 1.06. The minimum absolute atomic E-state index is 0.149. The van der Waals surface area contributed by atoms with E-state index in [2.05, 4.69) is 15.9 Å². The van der Waals surface area contributed by atoms with Gasteiger partial charge in [0.25, 0.3) is 0 Å². The Labute approximate surface area is 91.2 Å². The third kappa shape index (κ3) is 3.06. The molecule has 0 radical (unpaired) electrons. The van der Waals surface area contributed by atoms with Crippen molar-refractivity contribution in [1.82, 2.24) is 0 Å². The zero-order valence-electron chi connectivity index (χ0n) is 7.57. The molecule has 0 saturated carbocycles. The van der Waals surface area contributed by atoms with Gasteiger partial charge in [-0.1, -0.05) is 22.0 Å². The van der Waals surface area contributed by atoms with Gasteiger partial charge < -0.3 is 0 Å². The highest BCUT2D eigenvalue weighted by Crippen LogP contribution is 2.18. The van der Waals surface area contributed by atoms with Crippen LogP contribution in [0.15, 0.2) is 33.6 Å². The molecule has 0 bridgehead atoms. The molecular weight excluding hydrogens is 271 g/mol. The minimum atomic E-state index is -3.49. The fraction of sp³-hybridized carbons (Fsp3) is 0.333. The van der Waals surface area contributed by atoms with Gasteiger partial charge in [-0.25, -0.2) is 12.8 Å². The van der Waals surface area contributed by atoms with Crippen LogP contribution in [0.1, 0.15) is 6.92 Å². The Morgan fingerprint density at radius 2 is 2.14 bits per heavy atom. The van der Waals surface area contributed by atoms with Gasteiger partial charge >= 0.3 is 0 Å². The van der Waals surface area contributed by atoms with Crippen LogP contribution >= 0.6 is 15.9 Å². The first kappa shape index (κ1) is 11.7. The van der Waals surface area contributed by atoms with E-state index in [4.69, 9.17) is 0 Å². The van der Waals surface area contributed by atoms with Crippen molar-refractivity contribution in [2.24, 2.45) is 0 Å². The maximum absolute atomic E-state index is 12.6. The van der Waals surface area contributed by atoms with Gasteiger partial charge in [-0.2, -0.15) is 0 Å². The summed E-state index contributed by atoms with van der Waals surface area (Å²) in [4.78, 5) is 0.149. The summed E-state index contributed by atoms with van der Waals surface area (Å²) >= 11 is 3.16. The van der Waals surface area contributed by atoms with Crippen LogP contribution in [0.2, 0.25) is 0 Å². The van der Waals surface area contributed by atoms with Gasteiger partial charge in [0.2, 0.25) is 0 Å². The topological polar surface area (TPSA) is 34.1 Å². The lowest BCUT2D eigenvalue weighted by atomic mass is 10.4. The molecule has 1 atom stereocenters. The van der Waals surface area contributed by atoms with Crippen LogP contribution in [-0.2, 0) is 9.84 Å². The summed E-state index contributed by atoms with van der Waals surface area (Å²) in [6.07, 6.45) is -1.35. The average Bonchev–Trinajstić information content (AvgIpc) is 2.01. The molecule has 0 heterocycles. The molecule has 1 rings (SSSR count). The Bertz CT molecular complexity index is 415. The zero-order valence-corrected chi connectivity index (χ0v) is 9.98. The third-order valence-corrected chi connectivity index (χ3v) is 3.97. The van der Waals surface area contributed by atoms with Gasteiger partial charge in [-0.3, -0.25) is 0 Å². The Kier molecular flexibility index (Phi) is 3.66. The molecule has 0 saturated heterocycles. The van der Waals surface area contributed by atoms with Crippen molar-refractivity contribution in [1.29, 1.82) is 0 Å². The van der Waals surface area contributed by atoms with E-state index in [0.29, 0.717) is 4.47 Å². The molecule has 0 aliphatic rings. The highest BCUT2D eigenvalue weighted by Gasteiger charge is 2.17. The number of alkyl halides is 1. The fourth-order valence-corrected chi connectivity index (χ4v) is 3.00. The van der Waals surface area contributed by atoms with E-state index in [1.807, 2.05) is 0 Å². The van der Waals surface area contributed by atoms with Crippen LogP contribution in [-0.4, -0.2) is 20.3 Å². The molecule has 0 spiro atoms. The standard InChI is InChI=1S/C9H10BrFO2S/c1-7(11)6-14(12,13)9-4-2-3-8(10)5-9/h2-5,7H,6H2,1H3. The van der Waals surface area contributed by atoms with Crippen molar-refractivity contribution >= 4 is 25.8 Å². The van der Waals surface area contributed by atoms with Crippen molar-refractivity contribution in [3.05, 3.63) is 28.7 Å². The van der Waals surface area contributed by atoms with Crippen LogP contribution in [0.4, 0.5) is 4.39 Å². The molecule has 2 nitrogen and oxygen atoms in total. The minimum Gasteiger partial charge on any atom is -0.247 e. The Hall–Kier alpha value is -0.420. The molecular formula is C9H10BrFO2S. The predicted octanol–water partition coefficient (Wildman–Crippen LogP) is 2.58. The number of sulfone groups is 1. The molecule has 1 aromatic carbocycles. The maximum Gasteiger partial charge on any atom is 0.181 e. The molecule has 0 fully saturated rings. The average molecular weight is 281 g/mol. The van der Waals surface area contributed by atoms with Crippen LogP contribution in [0, 0.1) is 0 Å². The van der Waals surface area contributed by atoms with Crippen LogP contribution in [0.3, 0.4) is 0 Å². The summed E-state index contributed by atoms with van der Waals surface area (Å²) in [6, 6.07) is 6.26. The second-order valence-corrected chi connectivity index (χ2v) is 5.97. The van der Waals surface area contributed by atoms with Crippen molar-refractivity contribution in [2.45, 2.75) is 18.0 Å². The van der Waals surface area contributed by atoms with E-state index >= 15 is 0 Å². The molecule has 0 aromatic heterocycles. The molecule has 14 heavy (non-hydrogen) atoms. The molecule has 0 aliphatic heterocycles. The second-order valence-electron chi connectivity index (χ2n) is 3.02. The van der Waals surface area contributed by atoms with Gasteiger partial charge in [0.15, 0.2) is 9.84 Å². The lowest BCUT2D eigenvalue weighted by Crippen LogP contribution is -2.14. The molecule has 5 heteroatoms. The summed E-state index contributed by atoms with van der Waals surface area (Å²) < 4.78 is 36.3. The normalized spacial score (nSPS) is 13.9. The summed E-state index contributed by atoms with van der Waals surface area (Å²) in [5.74, 6) is -0.469. The van der Waals surface area contributed by atoms with Gasteiger partial charge in [-0.15, -0.1) is 0 Å². The largest absolute Gasteiger partial charge is 0.247 e. The molecule has 1 aromatic rings. The van der Waals surface area contributed by atoms with Crippen LogP contribution < -0.4 is 0 Å². The van der Waals surface area contributed by atoms with Crippen molar-refractivity contribution in [2.75, 3.05) is 5.75 Å². The Morgan fingerprint density at radius 1 is 1.50 bits per heavy atom. The van der Waals surface area contributed by atoms with E-state index in [1.165, 1.54) is 19.1 Å². The lowest BCUT2D eigenvalue weighted by Gasteiger charge is -2.05. The summed E-state index contributed by atoms with van der Waals surface area (Å²) in [7, 11) is -3.49. The summed E-state index contributed by atoms with van der Waals surface area (Å²) in [6.45, 7) is 1.23. The molecule has 78 valence electrons. The highest BCUT2D eigenvalue weighted by atomic mass is 79.9. The Morgan fingerprint density at radius 3 is 2.64 bits per heavy atom. The number of benzene rings is 1. The van der Waals surface area contributed by atoms with E-state index in [0.717, 1.165) is 0 Å². The number of hydrogen-bond acceptors (Lipinski definition) is 2. The lowest BCUT2D eigenvalue weighted by molar-refractivity contribution is 0.391. The quantitative estimate of drug-likeness (QED) is 0.853. The Balaban J connectivity index is 3.05. The van der Waals surface area contributed by atoms with Gasteiger partial charge in [0, 0.05) is 4.47 Å². The first-order valence-corrected chi connectivity index (χ1v) is 6.49. The van der Waals surface area contributed by atoms with Gasteiger partial charge in [0.05, 0.1) is 10.6 Å². The van der Waals surface area contributed by atoms with E-state index < -0.39 is 21.8 Å². The predicted molar refractivity (Wildman–Crippen MR) is 56.8 cm³/mol. The van der Waals surface area contributed by atoms with Crippen molar-refractivity contribution in [3.8, 4) is 0 Å². The summed E-state index contributed by atoms with van der Waals surface area (Å²) in [5, 5.41) is 0. The highest BCUT2D eigenvalue weighted by molar-refractivity contribution is 9.10. The first-order valence-electron chi connectivity index (χ1n) is 4.04. The monoisotopic (exact) mass is 280 g/mol. The van der Waals surface area contributed by atoms with Crippen molar-refractivity contribution < 1.29 is 12.8 Å². The van der Waals surface area contributed by atoms with Gasteiger partial charge in [-0.05, 0) is 25.1 Å². The van der Waals surface area contributed by atoms with Crippen molar-refractivity contribution in [3.63, 3.8) is 0 Å². The third-order valence-electron chi connectivity index (χ3n) is 1.60. The molecule has 1 unspecified atom stereocenters. The van der Waals surface area contributed by atoms with Gasteiger partial charge in [0.1, 0.15) is 6.17 Å². The smallest absolute Gasteiger partial charge is 0.181 e. The maximum atomic E-state index is 12.6. The first-order chi connectivity index (χ1) is 6.42.